The van der Waals surface area contributed by atoms with Gasteiger partial charge in [-0.1, -0.05) is 30.3 Å². The third-order valence-corrected chi connectivity index (χ3v) is 3.57. The second-order valence-electron chi connectivity index (χ2n) is 5.21. The van der Waals surface area contributed by atoms with E-state index in [0.717, 1.165) is 26.2 Å². The third-order valence-electron chi connectivity index (χ3n) is 3.57. The Bertz CT molecular complexity index is 503. The van der Waals surface area contributed by atoms with Gasteiger partial charge in [0.1, 0.15) is 0 Å². The number of piperazine rings is 1. The number of nitrogens with two attached hydrogens (primary N) is 1. The van der Waals surface area contributed by atoms with Crippen LogP contribution in [-0.2, 0) is 14.3 Å². The molecular weight excluding hydrogens is 286 g/mol. The van der Waals surface area contributed by atoms with Gasteiger partial charge in [-0.3, -0.25) is 9.69 Å². The van der Waals surface area contributed by atoms with E-state index in [4.69, 9.17) is 10.5 Å². The van der Waals surface area contributed by atoms with Crippen LogP contribution in [0.4, 0.5) is 0 Å². The minimum absolute atomic E-state index is 0.0764. The number of ether oxygens (including phenoxy) is 1. The average Bonchev–Trinajstić information content (AvgIpc) is 2.53. The van der Waals surface area contributed by atoms with E-state index in [0.29, 0.717) is 5.56 Å². The number of hydrogen-bond acceptors (Lipinski definition) is 6. The molecule has 0 saturated carbocycles. The van der Waals surface area contributed by atoms with E-state index in [2.05, 4.69) is 5.32 Å². The first-order chi connectivity index (χ1) is 10.6. The van der Waals surface area contributed by atoms with Gasteiger partial charge in [0.05, 0.1) is 12.6 Å². The maximum absolute atomic E-state index is 12.0. The van der Waals surface area contributed by atoms with Crippen LogP contribution in [0.5, 0.6) is 0 Å². The average molecular weight is 307 g/mol. The van der Waals surface area contributed by atoms with Crippen LogP contribution < -0.4 is 11.1 Å². The van der Waals surface area contributed by atoms with E-state index in [1.54, 1.807) is 24.3 Å². The van der Waals surface area contributed by atoms with E-state index in [-0.39, 0.29) is 6.54 Å². The van der Waals surface area contributed by atoms with Crippen molar-refractivity contribution >= 4 is 11.9 Å². The van der Waals surface area contributed by atoms with Gasteiger partial charge in [-0.25, -0.2) is 4.79 Å². The topological polar surface area (TPSA) is 105 Å². The van der Waals surface area contributed by atoms with E-state index in [1.165, 1.54) is 0 Å². The standard InChI is InChI=1S/C15H21N3O4/c16-13(11-4-2-1-3-5-11)14(15(20)21)22-12(19)10-18-8-6-17-7-9-18/h1-5,13-14,17H,6-10,16H2,(H,20,21)/t13-,14+/m0/s1. The van der Waals surface area contributed by atoms with Gasteiger partial charge in [0.25, 0.3) is 0 Å². The lowest BCUT2D eigenvalue weighted by molar-refractivity contribution is -0.166. The molecule has 1 saturated heterocycles. The van der Waals surface area contributed by atoms with Gasteiger partial charge in [-0.2, -0.15) is 0 Å². The van der Waals surface area contributed by atoms with Crippen molar-refractivity contribution in [3.8, 4) is 0 Å². The number of hydrogen-bond donors (Lipinski definition) is 3. The minimum atomic E-state index is -1.39. The van der Waals surface area contributed by atoms with Gasteiger partial charge in [0.15, 0.2) is 0 Å². The van der Waals surface area contributed by atoms with Crippen molar-refractivity contribution in [3.05, 3.63) is 35.9 Å². The summed E-state index contributed by atoms with van der Waals surface area (Å²) in [7, 11) is 0. The summed E-state index contributed by atoms with van der Waals surface area (Å²) in [6.07, 6.45) is -1.39. The number of benzene rings is 1. The fraction of sp³-hybridized carbons (Fsp3) is 0.467. The molecule has 1 fully saturated rings. The Kier molecular flexibility index (Phi) is 5.88. The van der Waals surface area contributed by atoms with Crippen LogP contribution in [-0.4, -0.2) is 60.8 Å². The predicted octanol–water partition coefficient (Wildman–Crippen LogP) is -0.412. The largest absolute Gasteiger partial charge is 0.478 e. The molecule has 7 heteroatoms. The highest BCUT2D eigenvalue weighted by Crippen LogP contribution is 2.17. The Hall–Kier alpha value is -1.96. The Labute approximate surface area is 129 Å². The Balaban J connectivity index is 1.96. The first-order valence-electron chi connectivity index (χ1n) is 7.24. The third kappa shape index (κ3) is 4.52. The fourth-order valence-corrected chi connectivity index (χ4v) is 2.36. The number of nitrogens with zero attached hydrogens (tertiary/aromatic N) is 1. The molecule has 0 aliphatic carbocycles. The molecule has 7 nitrogen and oxygen atoms in total. The van der Waals surface area contributed by atoms with Crippen molar-refractivity contribution < 1.29 is 19.4 Å². The van der Waals surface area contributed by atoms with Gasteiger partial charge >= 0.3 is 11.9 Å². The molecule has 0 spiro atoms. The van der Waals surface area contributed by atoms with Crippen molar-refractivity contribution in [1.82, 2.24) is 10.2 Å². The van der Waals surface area contributed by atoms with Gasteiger partial charge < -0.3 is 20.9 Å². The zero-order valence-electron chi connectivity index (χ0n) is 12.3. The van der Waals surface area contributed by atoms with Crippen molar-refractivity contribution in [3.63, 3.8) is 0 Å². The zero-order valence-corrected chi connectivity index (χ0v) is 12.3. The van der Waals surface area contributed by atoms with Crippen LogP contribution in [0.15, 0.2) is 30.3 Å². The molecule has 1 aromatic carbocycles. The summed E-state index contributed by atoms with van der Waals surface area (Å²) in [5, 5.41) is 12.5. The highest BCUT2D eigenvalue weighted by Gasteiger charge is 2.31. The molecule has 0 bridgehead atoms. The Morgan fingerprint density at radius 2 is 1.91 bits per heavy atom. The Morgan fingerprint density at radius 3 is 2.50 bits per heavy atom. The Morgan fingerprint density at radius 1 is 1.27 bits per heavy atom. The highest BCUT2D eigenvalue weighted by molar-refractivity contribution is 5.79. The summed E-state index contributed by atoms with van der Waals surface area (Å²) in [6, 6.07) is 7.86. The first-order valence-corrected chi connectivity index (χ1v) is 7.24. The first kappa shape index (κ1) is 16.4. The van der Waals surface area contributed by atoms with Crippen molar-refractivity contribution in [2.75, 3.05) is 32.7 Å². The number of carboxylic acid groups (broad SMARTS) is 1. The molecule has 120 valence electrons. The predicted molar refractivity (Wildman–Crippen MR) is 80.2 cm³/mol. The summed E-state index contributed by atoms with van der Waals surface area (Å²) >= 11 is 0. The molecule has 1 aliphatic heterocycles. The summed E-state index contributed by atoms with van der Waals surface area (Å²) in [5.74, 6) is -1.81. The van der Waals surface area contributed by atoms with E-state index >= 15 is 0 Å². The molecule has 1 aromatic rings. The molecule has 0 aromatic heterocycles. The number of carbonyl (C=O) groups excluding carboxylic acids is 1. The molecule has 2 atom stereocenters. The molecule has 0 radical (unpaired) electrons. The molecule has 1 aliphatic rings. The smallest absolute Gasteiger partial charge is 0.347 e. The number of aliphatic carboxylic acids is 1. The summed E-state index contributed by atoms with van der Waals surface area (Å²) in [5.41, 5.74) is 6.56. The maximum Gasteiger partial charge on any atom is 0.347 e. The van der Waals surface area contributed by atoms with Crippen LogP contribution in [0.2, 0.25) is 0 Å². The quantitative estimate of drug-likeness (QED) is 0.613. The van der Waals surface area contributed by atoms with Crippen LogP contribution >= 0.6 is 0 Å². The van der Waals surface area contributed by atoms with Gasteiger partial charge in [-0.05, 0) is 5.56 Å². The van der Waals surface area contributed by atoms with Gasteiger partial charge in [0.2, 0.25) is 6.10 Å². The van der Waals surface area contributed by atoms with E-state index < -0.39 is 24.1 Å². The highest BCUT2D eigenvalue weighted by atomic mass is 16.6. The van der Waals surface area contributed by atoms with Crippen LogP contribution in [0.25, 0.3) is 0 Å². The lowest BCUT2D eigenvalue weighted by Crippen LogP contribution is -2.47. The van der Waals surface area contributed by atoms with E-state index in [9.17, 15) is 14.7 Å². The summed E-state index contributed by atoms with van der Waals surface area (Å²) in [6.45, 7) is 3.15. The monoisotopic (exact) mass is 307 g/mol. The van der Waals surface area contributed by atoms with Gasteiger partial charge in [0, 0.05) is 26.2 Å². The molecule has 4 N–H and O–H groups in total. The molecule has 22 heavy (non-hydrogen) atoms. The van der Waals surface area contributed by atoms with Crippen molar-refractivity contribution in [2.24, 2.45) is 5.73 Å². The second-order valence-corrected chi connectivity index (χ2v) is 5.21. The molecule has 0 amide bonds. The van der Waals surface area contributed by atoms with Crippen molar-refractivity contribution in [1.29, 1.82) is 0 Å². The maximum atomic E-state index is 12.0. The minimum Gasteiger partial charge on any atom is -0.478 e. The van der Waals surface area contributed by atoms with Crippen LogP contribution in [0, 0.1) is 0 Å². The number of rotatable bonds is 6. The molecule has 2 rings (SSSR count). The van der Waals surface area contributed by atoms with Crippen LogP contribution in [0.3, 0.4) is 0 Å². The SMILES string of the molecule is N[C@@H](c1ccccc1)[C@@H](OC(=O)CN1CCNCC1)C(=O)O. The lowest BCUT2D eigenvalue weighted by Gasteiger charge is -2.27. The summed E-state index contributed by atoms with van der Waals surface area (Å²) in [4.78, 5) is 25.2. The molecular formula is C15H21N3O4. The van der Waals surface area contributed by atoms with E-state index in [1.807, 2.05) is 11.0 Å². The zero-order chi connectivity index (χ0) is 15.9. The molecule has 1 heterocycles. The lowest BCUT2D eigenvalue weighted by atomic mass is 10.0. The fourth-order valence-electron chi connectivity index (χ4n) is 2.36. The number of esters is 1. The van der Waals surface area contributed by atoms with Crippen molar-refractivity contribution in [2.45, 2.75) is 12.1 Å². The normalized spacial score (nSPS) is 18.4. The van der Waals surface area contributed by atoms with Crippen LogP contribution in [0.1, 0.15) is 11.6 Å². The second kappa shape index (κ2) is 7.88. The number of carboxylic acids is 1. The number of nitrogens with one attached hydrogen (secondary N) is 1. The molecule has 0 unspecified atom stereocenters. The summed E-state index contributed by atoms with van der Waals surface area (Å²) < 4.78 is 5.11. The van der Waals surface area contributed by atoms with Gasteiger partial charge in [-0.15, -0.1) is 0 Å². The number of carbonyl (C=O) groups is 2.